The zero-order valence-electron chi connectivity index (χ0n) is 29.7. The molecule has 266 valence electrons. The Balaban J connectivity index is 0.000000158. The highest BCUT2D eigenvalue weighted by Gasteiger charge is 2.48. The lowest BCUT2D eigenvalue weighted by Crippen LogP contribution is -2.67. The van der Waals surface area contributed by atoms with E-state index in [0.29, 0.717) is 35.0 Å². The molecule has 6 aliphatic rings. The van der Waals surface area contributed by atoms with E-state index in [9.17, 15) is 9.59 Å². The van der Waals surface area contributed by atoms with Crippen LogP contribution in [0.1, 0.15) is 84.7 Å². The molecule has 8 heterocycles. The third kappa shape index (κ3) is 7.72. The maximum atomic E-state index is 13.0. The van der Waals surface area contributed by atoms with E-state index in [1.165, 1.54) is 63.2 Å². The molecule has 2 aromatic carbocycles. The van der Waals surface area contributed by atoms with Crippen LogP contribution in [0, 0.1) is 24.7 Å². The number of nitrogens with two attached hydrogens (primary N) is 1. The molecule has 2 atom stereocenters. The van der Waals surface area contributed by atoms with E-state index in [2.05, 4.69) is 43.6 Å². The molecule has 10 rings (SSSR count). The number of hydrogen-bond donors (Lipinski definition) is 2. The molecule has 0 radical (unpaired) electrons. The molecule has 6 aliphatic heterocycles. The van der Waals surface area contributed by atoms with E-state index in [4.69, 9.17) is 15.6 Å². The van der Waals surface area contributed by atoms with Crippen molar-refractivity contribution >= 4 is 67.0 Å². The first-order chi connectivity index (χ1) is 22.8. The number of carbonyl (C=O) groups excluding carboxylic acids is 1. The lowest BCUT2D eigenvalue weighted by atomic mass is 9.65. The molecule has 0 amide bonds. The highest BCUT2D eigenvalue weighted by Crippen LogP contribution is 2.46. The van der Waals surface area contributed by atoms with Gasteiger partial charge in [0.2, 0.25) is 0 Å². The van der Waals surface area contributed by atoms with E-state index in [-0.39, 0.29) is 23.5 Å². The van der Waals surface area contributed by atoms with Crippen LogP contribution in [-0.4, -0.2) is 77.1 Å². The first kappa shape index (κ1) is 37.7. The van der Waals surface area contributed by atoms with Crippen LogP contribution in [0.5, 0.6) is 5.75 Å². The van der Waals surface area contributed by atoms with Gasteiger partial charge in [0.15, 0.2) is 5.78 Å². The average Bonchev–Trinajstić information content (AvgIpc) is 3.70. The van der Waals surface area contributed by atoms with Gasteiger partial charge < -0.3 is 15.6 Å². The summed E-state index contributed by atoms with van der Waals surface area (Å²) in [5, 5.41) is 10.9. The zero-order chi connectivity index (χ0) is 34.4. The monoisotopic (exact) mass is 725 g/mol. The second kappa shape index (κ2) is 15.0. The van der Waals surface area contributed by atoms with Crippen LogP contribution in [0.2, 0.25) is 0 Å². The number of Topliss-reactive ketones (excluding diaryl/α,β-unsaturated/α-hetero) is 1. The van der Waals surface area contributed by atoms with Crippen LogP contribution in [0.15, 0.2) is 48.5 Å². The normalized spacial score (nSPS) is 27.3. The Morgan fingerprint density at radius 2 is 1.35 bits per heavy atom. The number of hydrogen-bond acceptors (Lipinski definition) is 8. The molecule has 7 nitrogen and oxygen atoms in total. The number of carboxylic acid groups (broad SMARTS) is 1. The average molecular weight is 726 g/mol. The predicted molar refractivity (Wildman–Crippen MR) is 206 cm³/mol. The van der Waals surface area contributed by atoms with Crippen LogP contribution in [-0.2, 0) is 0 Å². The summed E-state index contributed by atoms with van der Waals surface area (Å²) in [5.74, 6) is 2.30. The minimum atomic E-state index is -0.848. The lowest BCUT2D eigenvalue weighted by molar-refractivity contribution is -0.0643. The van der Waals surface area contributed by atoms with Gasteiger partial charge in [0.05, 0.1) is 12.0 Å². The highest BCUT2D eigenvalue weighted by molar-refractivity contribution is 7.21. The predicted octanol–water partition coefficient (Wildman–Crippen LogP) is 8.75. The molecule has 0 unspecified atom stereocenters. The Kier molecular flexibility index (Phi) is 11.5. The van der Waals surface area contributed by atoms with E-state index >= 15 is 0 Å². The van der Waals surface area contributed by atoms with Gasteiger partial charge >= 0.3 is 5.97 Å². The van der Waals surface area contributed by atoms with Gasteiger partial charge in [0, 0.05) is 32.9 Å². The minimum Gasteiger partial charge on any atom is -0.497 e. The van der Waals surface area contributed by atoms with E-state index in [1.807, 2.05) is 43.3 Å². The Morgan fingerprint density at radius 1 is 0.816 bits per heavy atom. The largest absolute Gasteiger partial charge is 0.497 e. The van der Waals surface area contributed by atoms with E-state index in [1.54, 1.807) is 24.5 Å². The van der Waals surface area contributed by atoms with Gasteiger partial charge in [-0.1, -0.05) is 12.1 Å². The van der Waals surface area contributed by atoms with Crippen molar-refractivity contribution in [3.05, 3.63) is 63.8 Å². The van der Waals surface area contributed by atoms with Crippen molar-refractivity contribution < 1.29 is 19.4 Å². The number of aromatic carboxylic acids is 1. The Hall–Kier alpha value is -2.53. The molecule has 3 N–H and O–H groups in total. The van der Waals surface area contributed by atoms with Gasteiger partial charge in [-0.05, 0) is 157 Å². The van der Waals surface area contributed by atoms with Gasteiger partial charge in [-0.15, -0.1) is 35.1 Å². The van der Waals surface area contributed by atoms with Crippen LogP contribution in [0.4, 0.5) is 0 Å². The first-order valence-corrected chi connectivity index (χ1v) is 19.0. The lowest BCUT2D eigenvalue weighted by Gasteiger charge is -2.56. The van der Waals surface area contributed by atoms with Crippen molar-refractivity contribution in [3.63, 3.8) is 0 Å². The van der Waals surface area contributed by atoms with Crippen LogP contribution in [0.3, 0.4) is 0 Å². The maximum absolute atomic E-state index is 13.0. The number of carbonyl (C=O) groups is 2. The van der Waals surface area contributed by atoms with Crippen molar-refractivity contribution in [2.75, 3.05) is 33.3 Å². The van der Waals surface area contributed by atoms with Crippen LogP contribution < -0.4 is 10.5 Å². The number of benzene rings is 2. The minimum absolute atomic E-state index is 0. The number of nitrogens with zero attached hydrogens (tertiary/aromatic N) is 2. The fourth-order valence-corrected chi connectivity index (χ4v) is 10.6. The summed E-state index contributed by atoms with van der Waals surface area (Å²) < 4.78 is 7.46. The number of piperidine rings is 6. The van der Waals surface area contributed by atoms with E-state index in [0.717, 1.165) is 42.3 Å². The Bertz CT molecular complexity index is 1780. The fourth-order valence-electron chi connectivity index (χ4n) is 8.55. The number of fused-ring (bicyclic) bond motifs is 8. The van der Waals surface area contributed by atoms with Gasteiger partial charge in [0.1, 0.15) is 10.6 Å². The number of halogens is 1. The molecule has 4 bridgehead atoms. The van der Waals surface area contributed by atoms with Crippen molar-refractivity contribution in [3.8, 4) is 5.75 Å². The molecular weight excluding hydrogens is 674 g/mol. The molecule has 10 heteroatoms. The number of aryl methyl sites for hydroxylation is 1. The fraction of sp³-hybridized carbons (Fsp3) is 0.538. The number of carboxylic acids is 1. The smallest absolute Gasteiger partial charge is 0.345 e. The number of ketones is 1. The van der Waals surface area contributed by atoms with Crippen molar-refractivity contribution in [2.24, 2.45) is 23.5 Å². The van der Waals surface area contributed by atoms with Gasteiger partial charge in [0.25, 0.3) is 0 Å². The molecule has 2 aromatic heterocycles. The van der Waals surface area contributed by atoms with Gasteiger partial charge in [-0.2, -0.15) is 0 Å². The number of thiophene rings is 2. The first-order valence-electron chi connectivity index (χ1n) is 17.4. The highest BCUT2D eigenvalue weighted by atomic mass is 35.5. The quantitative estimate of drug-likeness (QED) is 0.199. The molecule has 6 saturated heterocycles. The number of rotatable bonds is 5. The van der Waals surface area contributed by atoms with Crippen LogP contribution >= 0.6 is 35.1 Å². The number of methoxy groups -OCH3 is 1. The summed E-state index contributed by atoms with van der Waals surface area (Å²) in [6, 6.07) is 16.1. The molecule has 0 aliphatic carbocycles. The zero-order valence-corrected chi connectivity index (χ0v) is 32.1. The topological polar surface area (TPSA) is 96.1 Å². The third-order valence-electron chi connectivity index (χ3n) is 11.8. The summed E-state index contributed by atoms with van der Waals surface area (Å²) >= 11 is 2.92. The molecular formula is C39H52ClN3O4S2. The third-order valence-corrected chi connectivity index (χ3v) is 14.0. The summed E-state index contributed by atoms with van der Waals surface area (Å²) in [6.45, 7) is 16.1. The Morgan fingerprint density at radius 3 is 1.88 bits per heavy atom. The second-order valence-electron chi connectivity index (χ2n) is 15.2. The molecule has 0 spiro atoms. The summed E-state index contributed by atoms with van der Waals surface area (Å²) in [5.41, 5.74) is 7.73. The SMILES string of the molecule is CC1(C)[C@@H](N)C2CCN1CC2.COc1ccc2cc(C(=O)C[C@H]3C4CCN(CC4)C3(C)C)sc2c1.Cc1ccc2cc(C(=O)O)sc2c1.Cl. The molecule has 0 saturated carbocycles. The Labute approximate surface area is 305 Å². The molecule has 6 fully saturated rings. The summed E-state index contributed by atoms with van der Waals surface area (Å²) in [6.07, 6.45) is 5.84. The summed E-state index contributed by atoms with van der Waals surface area (Å²) in [4.78, 5) is 30.0. The molecule has 4 aromatic rings. The molecule has 49 heavy (non-hydrogen) atoms. The van der Waals surface area contributed by atoms with Gasteiger partial charge in [-0.3, -0.25) is 14.6 Å². The maximum Gasteiger partial charge on any atom is 0.345 e. The second-order valence-corrected chi connectivity index (χ2v) is 17.4. The van der Waals surface area contributed by atoms with Gasteiger partial charge in [-0.25, -0.2) is 4.79 Å². The standard InChI is InChI=1S/C20H25NO2S.C10H8O2S.C9H18N2.ClH/c1-20(2)16(13-6-8-21(20)9-7-13)12-17(22)19-10-14-4-5-15(23-3)11-18(14)24-19;1-6-2-3-7-5-9(10(11)12)13-8(7)4-6;1-9(2)8(10)7-3-5-11(9)6-4-7;/h4-5,10-11,13,16H,6-9,12H2,1-3H3;2-5H,1H3,(H,11,12);7-8H,3-6,10H2,1-2H3;1H/t16-;;8-;/m0.0./s1. The van der Waals surface area contributed by atoms with Crippen molar-refractivity contribution in [1.29, 1.82) is 0 Å². The number of ether oxygens (including phenoxy) is 1. The van der Waals surface area contributed by atoms with Crippen LogP contribution in [0.25, 0.3) is 20.2 Å². The van der Waals surface area contributed by atoms with Crippen molar-refractivity contribution in [1.82, 2.24) is 9.80 Å². The summed E-state index contributed by atoms with van der Waals surface area (Å²) in [7, 11) is 1.68. The van der Waals surface area contributed by atoms with Crippen molar-refractivity contribution in [2.45, 2.75) is 83.8 Å². The van der Waals surface area contributed by atoms with E-state index < -0.39 is 5.97 Å².